The van der Waals surface area contributed by atoms with E-state index in [0.717, 1.165) is 13.1 Å². The maximum Gasteiger partial charge on any atom is 0.282 e. The first-order chi connectivity index (χ1) is 8.68. The van der Waals surface area contributed by atoms with Crippen molar-refractivity contribution in [1.82, 2.24) is 4.98 Å². The lowest BCUT2D eigenvalue weighted by Crippen LogP contribution is -3.18. The van der Waals surface area contributed by atoms with Gasteiger partial charge in [0.25, 0.3) is 5.91 Å². The molecule has 1 fully saturated rings. The van der Waals surface area contributed by atoms with Gasteiger partial charge in [0.15, 0.2) is 11.2 Å². The van der Waals surface area contributed by atoms with Gasteiger partial charge < -0.3 is 15.0 Å². The summed E-state index contributed by atoms with van der Waals surface area (Å²) in [5, 5.41) is 3.13. The number of pyridine rings is 1. The molecule has 1 saturated heterocycles. The molecule has 5 nitrogen and oxygen atoms in total. The second-order valence-electron chi connectivity index (χ2n) is 4.32. The fourth-order valence-electron chi connectivity index (χ4n) is 1.97. The van der Waals surface area contributed by atoms with E-state index in [1.165, 1.54) is 4.90 Å². The number of carbonyl (C=O) groups is 1. The van der Waals surface area contributed by atoms with E-state index in [2.05, 4.69) is 10.3 Å². The number of ether oxygens (including phenoxy) is 1. The maximum absolute atomic E-state index is 12.1. The Morgan fingerprint density at radius 1 is 1.56 bits per heavy atom. The molecule has 1 amide bonds. The van der Waals surface area contributed by atoms with E-state index in [0.29, 0.717) is 24.1 Å². The van der Waals surface area contributed by atoms with Gasteiger partial charge in [0, 0.05) is 6.20 Å². The third-order valence-corrected chi connectivity index (χ3v) is 3.46. The summed E-state index contributed by atoms with van der Waals surface area (Å²) in [7, 11) is 0. The number of carbonyl (C=O) groups excluding carboxylic acids is 1. The van der Waals surface area contributed by atoms with Crippen molar-refractivity contribution in [3.05, 3.63) is 23.5 Å². The van der Waals surface area contributed by atoms with Gasteiger partial charge in [0.1, 0.15) is 13.1 Å². The standard InChI is InChI=1S/C12H16ClN3O2/c1-9(16-5-7-18-8-6-16)12(17)15-10-3-2-4-14-11(10)13/h2-4,9H,5-8H2,1H3,(H,15,17)/p+1/t9-/m0/s1. The van der Waals surface area contributed by atoms with Crippen molar-refractivity contribution in [3.63, 3.8) is 0 Å². The van der Waals surface area contributed by atoms with Gasteiger partial charge in [-0.1, -0.05) is 11.6 Å². The van der Waals surface area contributed by atoms with E-state index in [9.17, 15) is 4.79 Å². The Kier molecular flexibility index (Phi) is 4.52. The van der Waals surface area contributed by atoms with Gasteiger partial charge >= 0.3 is 0 Å². The van der Waals surface area contributed by atoms with Crippen molar-refractivity contribution in [1.29, 1.82) is 0 Å². The molecule has 2 rings (SSSR count). The van der Waals surface area contributed by atoms with E-state index >= 15 is 0 Å². The molecule has 0 saturated carbocycles. The first-order valence-corrected chi connectivity index (χ1v) is 6.40. The van der Waals surface area contributed by atoms with Gasteiger partial charge in [-0.05, 0) is 19.1 Å². The lowest BCUT2D eigenvalue weighted by molar-refractivity contribution is -0.921. The third kappa shape index (κ3) is 3.19. The predicted octanol–water partition coefficient (Wildman–Crippen LogP) is -0.0229. The van der Waals surface area contributed by atoms with Crippen molar-refractivity contribution >= 4 is 23.2 Å². The van der Waals surface area contributed by atoms with Crippen LogP contribution in [0, 0.1) is 0 Å². The summed E-state index contributed by atoms with van der Waals surface area (Å²) in [6, 6.07) is 3.37. The number of rotatable bonds is 3. The molecule has 1 aromatic heterocycles. The normalized spacial score (nSPS) is 18.3. The maximum atomic E-state index is 12.1. The Morgan fingerprint density at radius 2 is 2.28 bits per heavy atom. The summed E-state index contributed by atoms with van der Waals surface area (Å²) < 4.78 is 5.28. The molecule has 0 unspecified atom stereocenters. The number of nitrogens with zero attached hydrogens (tertiary/aromatic N) is 1. The van der Waals surface area contributed by atoms with Crippen LogP contribution in [0.3, 0.4) is 0 Å². The van der Waals surface area contributed by atoms with Crippen LogP contribution in [0.15, 0.2) is 18.3 Å². The smallest absolute Gasteiger partial charge is 0.282 e. The summed E-state index contributed by atoms with van der Waals surface area (Å²) in [5.41, 5.74) is 0.559. The Labute approximate surface area is 111 Å². The lowest BCUT2D eigenvalue weighted by atomic mass is 10.2. The van der Waals surface area contributed by atoms with E-state index < -0.39 is 0 Å². The van der Waals surface area contributed by atoms with Crippen molar-refractivity contribution in [3.8, 4) is 0 Å². The Balaban J connectivity index is 1.97. The molecule has 0 aromatic carbocycles. The number of hydrogen-bond donors (Lipinski definition) is 2. The number of morpholine rings is 1. The fourth-order valence-corrected chi connectivity index (χ4v) is 2.14. The molecule has 1 aliphatic rings. The third-order valence-electron chi connectivity index (χ3n) is 3.16. The molecule has 1 atom stereocenters. The van der Waals surface area contributed by atoms with Crippen molar-refractivity contribution < 1.29 is 14.4 Å². The highest BCUT2D eigenvalue weighted by Crippen LogP contribution is 2.17. The van der Waals surface area contributed by atoms with E-state index in [-0.39, 0.29) is 11.9 Å². The SMILES string of the molecule is C[C@@H](C(=O)Nc1cccnc1Cl)[NH+]1CCOCC1. The molecule has 1 aliphatic heterocycles. The molecule has 0 spiro atoms. The highest BCUT2D eigenvalue weighted by molar-refractivity contribution is 6.32. The van der Waals surface area contributed by atoms with Crippen LogP contribution in [-0.4, -0.2) is 43.2 Å². The van der Waals surface area contributed by atoms with Crippen LogP contribution in [0.2, 0.25) is 5.15 Å². The monoisotopic (exact) mass is 270 g/mol. The molecule has 2 N–H and O–H groups in total. The minimum Gasteiger partial charge on any atom is -0.370 e. The van der Waals surface area contributed by atoms with Crippen LogP contribution in [-0.2, 0) is 9.53 Å². The zero-order valence-electron chi connectivity index (χ0n) is 10.3. The second-order valence-corrected chi connectivity index (χ2v) is 4.68. The zero-order chi connectivity index (χ0) is 13.0. The summed E-state index contributed by atoms with van der Waals surface area (Å²) in [6.45, 7) is 5.05. The van der Waals surface area contributed by atoms with Gasteiger partial charge in [-0.2, -0.15) is 0 Å². The molecular formula is C12H17ClN3O2+. The number of quaternary nitrogens is 1. The number of nitrogens with one attached hydrogen (secondary N) is 2. The average molecular weight is 271 g/mol. The van der Waals surface area contributed by atoms with Crippen LogP contribution >= 0.6 is 11.6 Å². The molecule has 6 heteroatoms. The predicted molar refractivity (Wildman–Crippen MR) is 68.9 cm³/mol. The average Bonchev–Trinajstić information content (AvgIpc) is 2.41. The summed E-state index contributed by atoms with van der Waals surface area (Å²) in [6.07, 6.45) is 1.59. The number of hydrogen-bond acceptors (Lipinski definition) is 3. The van der Waals surface area contributed by atoms with Gasteiger partial charge in [0.2, 0.25) is 0 Å². The lowest BCUT2D eigenvalue weighted by Gasteiger charge is -2.28. The van der Waals surface area contributed by atoms with Crippen LogP contribution in [0.1, 0.15) is 6.92 Å². The zero-order valence-corrected chi connectivity index (χ0v) is 11.0. The Bertz CT molecular complexity index is 422. The first kappa shape index (κ1) is 13.3. The molecule has 2 heterocycles. The number of amides is 1. The van der Waals surface area contributed by atoms with Crippen molar-refractivity contribution in [2.24, 2.45) is 0 Å². The largest absolute Gasteiger partial charge is 0.370 e. The fraction of sp³-hybridized carbons (Fsp3) is 0.500. The van der Waals surface area contributed by atoms with Crippen LogP contribution in [0.4, 0.5) is 5.69 Å². The van der Waals surface area contributed by atoms with Gasteiger partial charge in [0.05, 0.1) is 18.9 Å². The quantitative estimate of drug-likeness (QED) is 0.759. The van der Waals surface area contributed by atoms with Gasteiger partial charge in [-0.3, -0.25) is 4.79 Å². The first-order valence-electron chi connectivity index (χ1n) is 6.02. The van der Waals surface area contributed by atoms with Gasteiger partial charge in [-0.25, -0.2) is 4.98 Å². The highest BCUT2D eigenvalue weighted by Gasteiger charge is 2.27. The van der Waals surface area contributed by atoms with Crippen molar-refractivity contribution in [2.75, 3.05) is 31.6 Å². The summed E-state index contributed by atoms with van der Waals surface area (Å²) in [5.74, 6) is -0.0400. The van der Waals surface area contributed by atoms with Crippen LogP contribution < -0.4 is 10.2 Å². The minimum absolute atomic E-state index is 0.0400. The molecule has 0 aliphatic carbocycles. The molecule has 18 heavy (non-hydrogen) atoms. The van der Waals surface area contributed by atoms with Crippen LogP contribution in [0.5, 0.6) is 0 Å². The molecule has 0 bridgehead atoms. The molecule has 98 valence electrons. The van der Waals surface area contributed by atoms with E-state index in [1.54, 1.807) is 18.3 Å². The van der Waals surface area contributed by atoms with Crippen molar-refractivity contribution in [2.45, 2.75) is 13.0 Å². The van der Waals surface area contributed by atoms with E-state index in [4.69, 9.17) is 16.3 Å². The Hall–Kier alpha value is -1.17. The number of halogens is 1. The second kappa shape index (κ2) is 6.13. The summed E-state index contributed by atoms with van der Waals surface area (Å²) in [4.78, 5) is 17.3. The highest BCUT2D eigenvalue weighted by atomic mass is 35.5. The van der Waals surface area contributed by atoms with E-state index in [1.807, 2.05) is 6.92 Å². The topological polar surface area (TPSA) is 55.7 Å². The minimum atomic E-state index is -0.120. The molecular weight excluding hydrogens is 254 g/mol. The number of anilines is 1. The molecule has 0 radical (unpaired) electrons. The Morgan fingerprint density at radius 3 is 2.94 bits per heavy atom. The summed E-state index contributed by atoms with van der Waals surface area (Å²) >= 11 is 5.91. The molecule has 1 aromatic rings. The van der Waals surface area contributed by atoms with Crippen LogP contribution in [0.25, 0.3) is 0 Å². The number of aromatic nitrogens is 1. The van der Waals surface area contributed by atoms with Gasteiger partial charge in [-0.15, -0.1) is 0 Å².